The molecule has 0 bridgehead atoms. The van der Waals surface area contributed by atoms with E-state index in [0.29, 0.717) is 6.54 Å². The molecule has 2 aliphatic rings. The zero-order chi connectivity index (χ0) is 18.3. The van der Waals surface area contributed by atoms with E-state index in [4.69, 9.17) is 9.26 Å². The maximum atomic E-state index is 12.2. The molecule has 0 aromatic carbocycles. The number of fused-ring (bicyclic) bond motifs is 2. The lowest BCUT2D eigenvalue weighted by atomic mass is 9.88. The van der Waals surface area contributed by atoms with Crippen molar-refractivity contribution in [3.05, 3.63) is 35.2 Å². The molecule has 0 radical (unpaired) electrons. The van der Waals surface area contributed by atoms with Crippen molar-refractivity contribution in [1.82, 2.24) is 24.9 Å². The summed E-state index contributed by atoms with van der Waals surface area (Å²) in [6, 6.07) is 0. The van der Waals surface area contributed by atoms with Crippen molar-refractivity contribution in [2.24, 2.45) is 0 Å². The number of amides is 1. The van der Waals surface area contributed by atoms with E-state index < -0.39 is 11.7 Å². The molecule has 2 aliphatic heterocycles. The molecule has 1 amide bonds. The Kier molecular flexibility index (Phi) is 4.32. The number of aryl methyl sites for hydroxylation is 2. The number of carbonyl (C=O) groups excluding carboxylic acids is 1. The van der Waals surface area contributed by atoms with E-state index in [1.54, 1.807) is 13.2 Å². The van der Waals surface area contributed by atoms with Crippen LogP contribution in [-0.4, -0.2) is 51.8 Å². The molecule has 1 saturated heterocycles. The quantitative estimate of drug-likeness (QED) is 0.884. The smallest absolute Gasteiger partial charge is 0.250 e. The summed E-state index contributed by atoms with van der Waals surface area (Å²) in [5.74, 6) is 1.74. The van der Waals surface area contributed by atoms with Gasteiger partial charge in [-0.3, -0.25) is 9.69 Å². The van der Waals surface area contributed by atoms with Gasteiger partial charge in [-0.25, -0.2) is 4.98 Å². The number of likely N-dealkylation sites (N-methyl/N-ethyl adjacent to an activating group) is 1. The second-order valence-corrected chi connectivity index (χ2v) is 7.20. The van der Waals surface area contributed by atoms with Gasteiger partial charge >= 0.3 is 0 Å². The molecule has 4 heterocycles. The third-order valence-electron chi connectivity index (χ3n) is 5.62. The molecule has 0 saturated carbocycles. The molecule has 1 atom stereocenters. The van der Waals surface area contributed by atoms with Gasteiger partial charge in [0.05, 0.1) is 12.2 Å². The van der Waals surface area contributed by atoms with Crippen LogP contribution in [0.4, 0.5) is 0 Å². The number of rotatable bonds is 3. The van der Waals surface area contributed by atoms with Crippen molar-refractivity contribution in [2.75, 3.05) is 20.1 Å². The summed E-state index contributed by atoms with van der Waals surface area (Å²) in [6.07, 6.45) is 4.87. The first-order valence-corrected chi connectivity index (χ1v) is 9.07. The minimum atomic E-state index is -0.492. The third kappa shape index (κ3) is 2.83. The predicted molar refractivity (Wildman–Crippen MR) is 93.3 cm³/mol. The Bertz CT molecular complexity index is 784. The van der Waals surface area contributed by atoms with E-state index in [0.717, 1.165) is 55.3 Å². The fraction of sp³-hybridized carbons (Fsp3) is 0.611. The van der Waals surface area contributed by atoms with E-state index >= 15 is 0 Å². The second kappa shape index (κ2) is 6.51. The fourth-order valence-corrected chi connectivity index (χ4v) is 4.06. The Morgan fingerprint density at radius 3 is 2.81 bits per heavy atom. The maximum Gasteiger partial charge on any atom is 0.250 e. The lowest BCUT2D eigenvalue weighted by Crippen LogP contribution is -2.53. The monoisotopic (exact) mass is 359 g/mol. The number of imidazole rings is 1. The lowest BCUT2D eigenvalue weighted by Gasteiger charge is -2.45. The molecule has 0 aliphatic carbocycles. The molecule has 1 spiro atoms. The van der Waals surface area contributed by atoms with Gasteiger partial charge in [-0.2, -0.15) is 0 Å². The largest absolute Gasteiger partial charge is 0.361 e. The van der Waals surface area contributed by atoms with Crippen LogP contribution in [0.25, 0.3) is 0 Å². The number of hydrogen-bond donors (Lipinski definition) is 1. The highest BCUT2D eigenvalue weighted by Crippen LogP contribution is 2.40. The Labute approximate surface area is 152 Å². The third-order valence-corrected chi connectivity index (χ3v) is 5.62. The van der Waals surface area contributed by atoms with Gasteiger partial charge in [0.2, 0.25) is 0 Å². The molecular formula is C18H25N5O3. The van der Waals surface area contributed by atoms with Crippen molar-refractivity contribution in [3.8, 4) is 0 Å². The fourth-order valence-electron chi connectivity index (χ4n) is 4.06. The van der Waals surface area contributed by atoms with Crippen LogP contribution in [0.15, 0.2) is 16.9 Å². The summed E-state index contributed by atoms with van der Waals surface area (Å²) in [6.45, 7) is 7.01. The van der Waals surface area contributed by atoms with Crippen molar-refractivity contribution < 1.29 is 14.1 Å². The van der Waals surface area contributed by atoms with Crippen LogP contribution in [0.2, 0.25) is 0 Å². The van der Waals surface area contributed by atoms with Crippen molar-refractivity contribution in [2.45, 2.75) is 51.5 Å². The molecular weight excluding hydrogens is 334 g/mol. The number of nitrogens with one attached hydrogen (secondary N) is 1. The zero-order valence-electron chi connectivity index (χ0n) is 15.5. The SMILES string of the molecule is CNC(=O)C1Cn2ccnc2C2(CCN(Cc3c(C)noc3C)CC2)O1. The first-order chi connectivity index (χ1) is 12.5. The summed E-state index contributed by atoms with van der Waals surface area (Å²) in [7, 11) is 1.65. The lowest BCUT2D eigenvalue weighted by molar-refractivity contribution is -0.173. The van der Waals surface area contributed by atoms with Crippen LogP contribution in [0.3, 0.4) is 0 Å². The summed E-state index contributed by atoms with van der Waals surface area (Å²) in [4.78, 5) is 19.1. The predicted octanol–water partition coefficient (Wildman–Crippen LogP) is 1.12. The Morgan fingerprint density at radius 2 is 2.15 bits per heavy atom. The molecule has 8 nitrogen and oxygen atoms in total. The van der Waals surface area contributed by atoms with E-state index in [1.807, 2.05) is 20.0 Å². The molecule has 1 N–H and O–H groups in total. The van der Waals surface area contributed by atoms with E-state index in [9.17, 15) is 4.79 Å². The molecule has 4 rings (SSSR count). The topological polar surface area (TPSA) is 85.4 Å². The number of ether oxygens (including phenoxy) is 1. The van der Waals surface area contributed by atoms with Crippen LogP contribution in [0, 0.1) is 13.8 Å². The molecule has 2 aromatic rings. The van der Waals surface area contributed by atoms with E-state index in [2.05, 4.69) is 24.9 Å². The van der Waals surface area contributed by atoms with Gasteiger partial charge in [0.1, 0.15) is 17.2 Å². The number of nitrogens with zero attached hydrogens (tertiary/aromatic N) is 4. The van der Waals surface area contributed by atoms with Gasteiger partial charge < -0.3 is 19.1 Å². The summed E-state index contributed by atoms with van der Waals surface area (Å²) >= 11 is 0. The second-order valence-electron chi connectivity index (χ2n) is 7.20. The maximum absolute atomic E-state index is 12.2. The summed E-state index contributed by atoms with van der Waals surface area (Å²) < 4.78 is 13.7. The highest BCUT2D eigenvalue weighted by Gasteiger charge is 2.47. The van der Waals surface area contributed by atoms with Gasteiger partial charge in [-0.15, -0.1) is 0 Å². The minimum Gasteiger partial charge on any atom is -0.361 e. The van der Waals surface area contributed by atoms with Crippen LogP contribution < -0.4 is 5.32 Å². The number of likely N-dealkylation sites (tertiary alicyclic amines) is 1. The van der Waals surface area contributed by atoms with Crippen LogP contribution in [0.5, 0.6) is 0 Å². The number of hydrogen-bond acceptors (Lipinski definition) is 6. The zero-order valence-corrected chi connectivity index (χ0v) is 15.5. The Balaban J connectivity index is 1.51. The van der Waals surface area contributed by atoms with Gasteiger partial charge in [-0.1, -0.05) is 5.16 Å². The highest BCUT2D eigenvalue weighted by molar-refractivity contribution is 5.80. The molecule has 1 fully saturated rings. The van der Waals surface area contributed by atoms with Gasteiger partial charge in [-0.05, 0) is 26.7 Å². The normalized spacial score (nSPS) is 22.3. The average Bonchev–Trinajstić information content (AvgIpc) is 3.25. The Morgan fingerprint density at radius 1 is 1.38 bits per heavy atom. The number of aromatic nitrogens is 3. The summed E-state index contributed by atoms with van der Waals surface area (Å²) in [5.41, 5.74) is 1.62. The van der Waals surface area contributed by atoms with Crippen molar-refractivity contribution in [3.63, 3.8) is 0 Å². The molecule has 140 valence electrons. The number of carbonyl (C=O) groups is 1. The van der Waals surface area contributed by atoms with E-state index in [1.165, 1.54) is 0 Å². The molecule has 8 heteroatoms. The van der Waals surface area contributed by atoms with Gasteiger partial charge in [0, 0.05) is 44.6 Å². The highest BCUT2D eigenvalue weighted by atomic mass is 16.5. The van der Waals surface area contributed by atoms with E-state index in [-0.39, 0.29) is 5.91 Å². The summed E-state index contributed by atoms with van der Waals surface area (Å²) in [5, 5.41) is 6.75. The van der Waals surface area contributed by atoms with Gasteiger partial charge in [0.25, 0.3) is 5.91 Å². The van der Waals surface area contributed by atoms with Crippen LogP contribution >= 0.6 is 0 Å². The molecule has 1 unspecified atom stereocenters. The van der Waals surface area contributed by atoms with Crippen LogP contribution in [-0.2, 0) is 28.2 Å². The van der Waals surface area contributed by atoms with Gasteiger partial charge in [0.15, 0.2) is 6.10 Å². The molecule has 26 heavy (non-hydrogen) atoms. The van der Waals surface area contributed by atoms with Crippen molar-refractivity contribution in [1.29, 1.82) is 0 Å². The average molecular weight is 359 g/mol. The van der Waals surface area contributed by atoms with Crippen molar-refractivity contribution >= 4 is 5.91 Å². The number of piperidine rings is 1. The first kappa shape index (κ1) is 17.2. The standard InChI is InChI=1S/C18H25N5O3/c1-12-14(13(2)26-21-12)10-22-7-4-18(5-8-22)17-20-6-9-23(17)11-15(25-18)16(24)19-3/h6,9,15H,4-5,7-8,10-11H2,1-3H3,(H,19,24). The van der Waals surface area contributed by atoms with Crippen LogP contribution in [0.1, 0.15) is 35.7 Å². The first-order valence-electron chi connectivity index (χ1n) is 9.07. The molecule has 2 aromatic heterocycles. The Hall–Kier alpha value is -2.19. The minimum absolute atomic E-state index is 0.0816.